The van der Waals surface area contributed by atoms with Gasteiger partial charge in [-0.2, -0.15) is 0 Å². The summed E-state index contributed by atoms with van der Waals surface area (Å²) in [4.78, 5) is -0.315. The average Bonchev–Trinajstić information content (AvgIpc) is 2.03. The van der Waals surface area contributed by atoms with Crippen LogP contribution in [0.5, 0.6) is 0 Å². The van der Waals surface area contributed by atoms with E-state index < -0.39 is 0 Å². The first-order valence-corrected chi connectivity index (χ1v) is 4.45. The lowest BCUT2D eigenvalue weighted by Crippen LogP contribution is -2.35. The highest BCUT2D eigenvalue weighted by Gasteiger charge is 2.21. The SMILES string of the molecule is CCCCC1(Cl)C=CC=CN1. The number of allylic oxidation sites excluding steroid dienone is 2. The number of rotatable bonds is 3. The Balaban J connectivity index is 2.40. The summed E-state index contributed by atoms with van der Waals surface area (Å²) in [5.41, 5.74) is 0. The molecule has 1 aliphatic rings. The molecule has 1 aliphatic heterocycles. The minimum Gasteiger partial charge on any atom is -0.370 e. The van der Waals surface area contributed by atoms with E-state index in [0.29, 0.717) is 0 Å². The van der Waals surface area contributed by atoms with Crippen molar-refractivity contribution in [3.8, 4) is 0 Å². The van der Waals surface area contributed by atoms with E-state index in [9.17, 15) is 0 Å². The topological polar surface area (TPSA) is 12.0 Å². The van der Waals surface area contributed by atoms with E-state index in [1.165, 1.54) is 6.42 Å². The predicted molar refractivity (Wildman–Crippen MR) is 49.5 cm³/mol. The van der Waals surface area contributed by atoms with Crippen LogP contribution in [0, 0.1) is 0 Å². The van der Waals surface area contributed by atoms with Crippen LogP contribution in [-0.2, 0) is 0 Å². The lowest BCUT2D eigenvalue weighted by molar-refractivity contribution is 0.540. The van der Waals surface area contributed by atoms with E-state index in [1.807, 2.05) is 24.4 Å². The largest absolute Gasteiger partial charge is 0.370 e. The third-order valence-corrected chi connectivity index (χ3v) is 2.21. The van der Waals surface area contributed by atoms with E-state index >= 15 is 0 Å². The van der Waals surface area contributed by atoms with Gasteiger partial charge in [0.1, 0.15) is 5.00 Å². The zero-order valence-electron chi connectivity index (χ0n) is 6.81. The van der Waals surface area contributed by atoms with Crippen molar-refractivity contribution in [1.29, 1.82) is 0 Å². The summed E-state index contributed by atoms with van der Waals surface area (Å²) in [6, 6.07) is 0. The average molecular weight is 172 g/mol. The van der Waals surface area contributed by atoms with Gasteiger partial charge >= 0.3 is 0 Å². The molecule has 0 bridgehead atoms. The lowest BCUT2D eigenvalue weighted by atomic mass is 10.1. The van der Waals surface area contributed by atoms with Crippen LogP contribution >= 0.6 is 11.6 Å². The summed E-state index contributed by atoms with van der Waals surface area (Å²) >= 11 is 6.20. The minimum atomic E-state index is -0.315. The molecule has 0 spiro atoms. The van der Waals surface area contributed by atoms with Gasteiger partial charge in [0.25, 0.3) is 0 Å². The molecule has 1 N–H and O–H groups in total. The van der Waals surface area contributed by atoms with Gasteiger partial charge in [-0.1, -0.05) is 31.0 Å². The fraction of sp³-hybridized carbons (Fsp3) is 0.556. The van der Waals surface area contributed by atoms with E-state index in [1.54, 1.807) is 0 Å². The Morgan fingerprint density at radius 1 is 1.45 bits per heavy atom. The van der Waals surface area contributed by atoms with Crippen molar-refractivity contribution in [1.82, 2.24) is 5.32 Å². The molecule has 0 amide bonds. The fourth-order valence-corrected chi connectivity index (χ4v) is 1.36. The van der Waals surface area contributed by atoms with E-state index in [4.69, 9.17) is 11.6 Å². The molecular formula is C9H14ClN. The third-order valence-electron chi connectivity index (χ3n) is 1.79. The van der Waals surface area contributed by atoms with Crippen molar-refractivity contribution >= 4 is 11.6 Å². The van der Waals surface area contributed by atoms with Gasteiger partial charge in [0.2, 0.25) is 0 Å². The molecule has 1 atom stereocenters. The molecule has 0 aliphatic carbocycles. The van der Waals surface area contributed by atoms with Gasteiger partial charge < -0.3 is 5.32 Å². The Labute approximate surface area is 73.1 Å². The second kappa shape index (κ2) is 3.82. The van der Waals surface area contributed by atoms with E-state index in [2.05, 4.69) is 12.2 Å². The number of hydrogen-bond acceptors (Lipinski definition) is 1. The summed E-state index contributed by atoms with van der Waals surface area (Å²) in [5.74, 6) is 0. The van der Waals surface area contributed by atoms with Crippen LogP contribution < -0.4 is 5.32 Å². The molecule has 0 aromatic carbocycles. The summed E-state index contributed by atoms with van der Waals surface area (Å²) in [6.07, 6.45) is 11.2. The van der Waals surface area contributed by atoms with Crippen molar-refractivity contribution in [3.63, 3.8) is 0 Å². The molecule has 62 valence electrons. The predicted octanol–water partition coefficient (Wildman–Crippen LogP) is 2.78. The maximum absolute atomic E-state index is 6.20. The molecule has 11 heavy (non-hydrogen) atoms. The summed E-state index contributed by atoms with van der Waals surface area (Å²) < 4.78 is 0. The molecule has 0 aromatic heterocycles. The molecule has 0 fully saturated rings. The van der Waals surface area contributed by atoms with Gasteiger partial charge in [-0.25, -0.2) is 0 Å². The van der Waals surface area contributed by atoms with Gasteiger partial charge in [0.15, 0.2) is 0 Å². The maximum atomic E-state index is 6.20. The number of halogens is 1. The molecule has 2 heteroatoms. The Morgan fingerprint density at radius 3 is 2.82 bits per heavy atom. The number of alkyl halides is 1. The standard InChI is InChI=1S/C9H14ClN/c1-2-3-6-9(10)7-4-5-8-11-9/h4-5,7-8,11H,2-3,6H2,1H3. The van der Waals surface area contributed by atoms with Crippen LogP contribution in [0.1, 0.15) is 26.2 Å². The Morgan fingerprint density at radius 2 is 2.27 bits per heavy atom. The highest BCUT2D eigenvalue weighted by molar-refractivity contribution is 6.25. The molecule has 1 unspecified atom stereocenters. The molecule has 1 rings (SSSR count). The Hall–Kier alpha value is -0.430. The monoisotopic (exact) mass is 171 g/mol. The van der Waals surface area contributed by atoms with Crippen LogP contribution in [-0.4, -0.2) is 5.00 Å². The van der Waals surface area contributed by atoms with Gasteiger partial charge in [-0.15, -0.1) is 0 Å². The molecular weight excluding hydrogens is 158 g/mol. The first kappa shape index (κ1) is 8.66. The zero-order valence-corrected chi connectivity index (χ0v) is 7.56. The van der Waals surface area contributed by atoms with Gasteiger partial charge in [0, 0.05) is 0 Å². The number of nitrogens with one attached hydrogen (secondary N) is 1. The molecule has 0 saturated heterocycles. The molecule has 0 radical (unpaired) electrons. The molecule has 1 nitrogen and oxygen atoms in total. The minimum absolute atomic E-state index is 0.315. The second-order valence-electron chi connectivity index (χ2n) is 2.83. The Bertz CT molecular complexity index is 174. The first-order valence-electron chi connectivity index (χ1n) is 4.08. The number of unbranched alkanes of at least 4 members (excludes halogenated alkanes) is 1. The van der Waals surface area contributed by atoms with Crippen molar-refractivity contribution in [2.24, 2.45) is 0 Å². The number of dihydropyridines is 1. The van der Waals surface area contributed by atoms with Crippen molar-refractivity contribution < 1.29 is 0 Å². The van der Waals surface area contributed by atoms with E-state index in [-0.39, 0.29) is 5.00 Å². The summed E-state index contributed by atoms with van der Waals surface area (Å²) in [6.45, 7) is 2.17. The van der Waals surface area contributed by atoms with Gasteiger partial charge in [0.05, 0.1) is 0 Å². The third kappa shape index (κ3) is 2.58. The maximum Gasteiger partial charge on any atom is 0.131 e. The van der Waals surface area contributed by atoms with Crippen LogP contribution in [0.15, 0.2) is 24.4 Å². The fourth-order valence-electron chi connectivity index (χ4n) is 1.09. The van der Waals surface area contributed by atoms with Crippen molar-refractivity contribution in [2.45, 2.75) is 31.2 Å². The smallest absolute Gasteiger partial charge is 0.131 e. The van der Waals surface area contributed by atoms with Gasteiger partial charge in [-0.05, 0) is 31.2 Å². The quantitative estimate of drug-likeness (QED) is 0.509. The summed E-state index contributed by atoms with van der Waals surface area (Å²) in [5, 5.41) is 3.13. The molecule has 1 heterocycles. The van der Waals surface area contributed by atoms with Crippen molar-refractivity contribution in [3.05, 3.63) is 24.4 Å². The lowest BCUT2D eigenvalue weighted by Gasteiger charge is -2.25. The second-order valence-corrected chi connectivity index (χ2v) is 3.50. The molecule has 0 saturated carbocycles. The van der Waals surface area contributed by atoms with Crippen LogP contribution in [0.2, 0.25) is 0 Å². The van der Waals surface area contributed by atoms with Crippen LogP contribution in [0.4, 0.5) is 0 Å². The Kier molecular flexibility index (Phi) is 3.01. The number of hydrogen-bond donors (Lipinski definition) is 1. The molecule has 0 aromatic rings. The highest BCUT2D eigenvalue weighted by atomic mass is 35.5. The van der Waals surface area contributed by atoms with E-state index in [0.717, 1.165) is 12.8 Å². The normalized spacial score (nSPS) is 28.5. The first-order chi connectivity index (χ1) is 5.27. The van der Waals surface area contributed by atoms with Crippen LogP contribution in [0.25, 0.3) is 0 Å². The van der Waals surface area contributed by atoms with Crippen LogP contribution in [0.3, 0.4) is 0 Å². The summed E-state index contributed by atoms with van der Waals surface area (Å²) in [7, 11) is 0. The van der Waals surface area contributed by atoms with Gasteiger partial charge in [-0.3, -0.25) is 0 Å². The highest BCUT2D eigenvalue weighted by Crippen LogP contribution is 2.22. The van der Waals surface area contributed by atoms with Crippen molar-refractivity contribution in [2.75, 3.05) is 0 Å². The zero-order chi connectivity index (χ0) is 8.16.